The second-order valence-corrected chi connectivity index (χ2v) is 4.68. The first-order chi connectivity index (χ1) is 8.72. The van der Waals surface area contributed by atoms with Gasteiger partial charge < -0.3 is 4.74 Å². The summed E-state index contributed by atoms with van der Waals surface area (Å²) in [6, 6.07) is 0. The van der Waals surface area contributed by atoms with Crippen LogP contribution in [-0.4, -0.2) is 18.3 Å². The summed E-state index contributed by atoms with van der Waals surface area (Å²) in [5, 5.41) is 2.49. The third-order valence-electron chi connectivity index (χ3n) is 2.94. The first-order valence-electron chi connectivity index (χ1n) is 6.89. The molecule has 0 aliphatic carbocycles. The molecule has 0 radical (unpaired) electrons. The Hall–Kier alpha value is -1.32. The molecule has 0 aromatic heterocycles. The minimum absolute atomic E-state index is 0.0243. The van der Waals surface area contributed by atoms with Crippen LogP contribution in [0.3, 0.4) is 0 Å². The minimum atomic E-state index is -0.190. The van der Waals surface area contributed by atoms with E-state index in [9.17, 15) is 9.59 Å². The summed E-state index contributed by atoms with van der Waals surface area (Å²) >= 11 is 0. The molecule has 0 saturated carbocycles. The maximum Gasteiger partial charge on any atom is 0.264 e. The molecule has 18 heavy (non-hydrogen) atoms. The smallest absolute Gasteiger partial charge is 0.264 e. The molecule has 1 aliphatic rings. The van der Waals surface area contributed by atoms with E-state index in [1.807, 2.05) is 0 Å². The van der Waals surface area contributed by atoms with Gasteiger partial charge in [-0.25, -0.2) is 0 Å². The fourth-order valence-electron chi connectivity index (χ4n) is 1.91. The van der Waals surface area contributed by atoms with Crippen molar-refractivity contribution in [1.29, 1.82) is 0 Å². The Balaban J connectivity index is 2.02. The number of carbonyl (C=O) groups is 2. The molecule has 1 fully saturated rings. The number of allylic oxidation sites excluding steroid dienone is 1. The zero-order valence-electron chi connectivity index (χ0n) is 11.2. The summed E-state index contributed by atoms with van der Waals surface area (Å²) in [6.45, 7) is 2.23. The average molecular weight is 253 g/mol. The molecule has 0 atom stereocenters. The van der Waals surface area contributed by atoms with Gasteiger partial charge in [-0.15, -0.1) is 0 Å². The number of carbonyl (C=O) groups excluding carboxylic acids is 2. The van der Waals surface area contributed by atoms with Crippen LogP contribution in [0.5, 0.6) is 0 Å². The summed E-state index contributed by atoms with van der Waals surface area (Å²) in [5.41, 5.74) is 0. The van der Waals surface area contributed by atoms with Gasteiger partial charge in [-0.05, 0) is 6.42 Å². The van der Waals surface area contributed by atoms with E-state index < -0.39 is 0 Å². The van der Waals surface area contributed by atoms with E-state index in [1.54, 1.807) is 0 Å². The third-order valence-corrected chi connectivity index (χ3v) is 2.94. The van der Waals surface area contributed by atoms with Gasteiger partial charge in [0.2, 0.25) is 0 Å². The van der Waals surface area contributed by atoms with Crippen molar-refractivity contribution < 1.29 is 14.3 Å². The number of ether oxygens (including phenoxy) is 1. The van der Waals surface area contributed by atoms with E-state index in [4.69, 9.17) is 4.74 Å². The summed E-state index contributed by atoms with van der Waals surface area (Å²) in [6.07, 6.45) is 10.3. The largest absolute Gasteiger partial charge is 0.469 e. The molecule has 1 rings (SSSR count). The molecule has 0 aromatic carbocycles. The Morgan fingerprint density at radius 2 is 1.89 bits per heavy atom. The van der Waals surface area contributed by atoms with Gasteiger partial charge in [-0.3, -0.25) is 14.9 Å². The lowest BCUT2D eigenvalue weighted by Crippen LogP contribution is -2.14. The fraction of sp³-hybridized carbons (Fsp3) is 0.714. The lowest BCUT2D eigenvalue weighted by atomic mass is 10.1. The highest BCUT2D eigenvalue weighted by Gasteiger charge is 2.16. The van der Waals surface area contributed by atoms with E-state index in [0.29, 0.717) is 12.3 Å². The van der Waals surface area contributed by atoms with Gasteiger partial charge in [-0.2, -0.15) is 0 Å². The van der Waals surface area contributed by atoms with Crippen molar-refractivity contribution in [3.63, 3.8) is 0 Å². The van der Waals surface area contributed by atoms with Crippen molar-refractivity contribution in [1.82, 2.24) is 5.32 Å². The van der Waals surface area contributed by atoms with Crippen molar-refractivity contribution in [2.45, 2.75) is 58.3 Å². The van der Waals surface area contributed by atoms with Gasteiger partial charge in [0.25, 0.3) is 5.91 Å². The number of ketones is 1. The number of hydrogen-bond acceptors (Lipinski definition) is 3. The highest BCUT2D eigenvalue weighted by atomic mass is 16.5. The Morgan fingerprint density at radius 3 is 2.50 bits per heavy atom. The van der Waals surface area contributed by atoms with Crippen LogP contribution in [0.15, 0.2) is 12.0 Å². The van der Waals surface area contributed by atoms with E-state index in [0.717, 1.165) is 12.8 Å². The molecule has 0 unspecified atom stereocenters. The summed E-state index contributed by atoms with van der Waals surface area (Å²) in [5.74, 6) is 0.138. The normalized spacial score (nSPS) is 16.7. The van der Waals surface area contributed by atoms with Crippen LogP contribution < -0.4 is 5.32 Å². The van der Waals surface area contributed by atoms with E-state index >= 15 is 0 Å². The molecule has 0 spiro atoms. The number of unbranched alkanes of at least 4 members (excludes halogenated alkanes) is 6. The lowest BCUT2D eigenvalue weighted by molar-refractivity contribution is -0.119. The van der Waals surface area contributed by atoms with Crippen molar-refractivity contribution in [3.8, 4) is 0 Å². The van der Waals surface area contributed by atoms with E-state index in [-0.39, 0.29) is 18.3 Å². The summed E-state index contributed by atoms with van der Waals surface area (Å²) < 4.78 is 4.99. The first-order valence-corrected chi connectivity index (χ1v) is 6.89. The zero-order chi connectivity index (χ0) is 13.2. The van der Waals surface area contributed by atoms with Crippen LogP contribution >= 0.6 is 0 Å². The fourth-order valence-corrected chi connectivity index (χ4v) is 1.91. The van der Waals surface area contributed by atoms with Crippen LogP contribution in [0.4, 0.5) is 0 Å². The molecule has 1 aliphatic heterocycles. The molecule has 1 N–H and O–H groups in total. The molecule has 1 heterocycles. The van der Waals surface area contributed by atoms with Gasteiger partial charge in [-0.1, -0.05) is 45.4 Å². The van der Waals surface area contributed by atoms with E-state index in [1.165, 1.54) is 38.2 Å². The quantitative estimate of drug-likeness (QED) is 0.507. The van der Waals surface area contributed by atoms with Crippen LogP contribution in [0, 0.1) is 0 Å². The Labute approximate surface area is 109 Å². The monoisotopic (exact) mass is 253 g/mol. The molecular formula is C14H23NO3. The van der Waals surface area contributed by atoms with Gasteiger partial charge in [0.05, 0.1) is 0 Å². The lowest BCUT2D eigenvalue weighted by Gasteiger charge is -2.00. The Bertz CT molecular complexity index is 310. The van der Waals surface area contributed by atoms with Crippen LogP contribution in [0.1, 0.15) is 58.3 Å². The topological polar surface area (TPSA) is 55.4 Å². The molecule has 102 valence electrons. The van der Waals surface area contributed by atoms with E-state index in [2.05, 4.69) is 12.2 Å². The second-order valence-electron chi connectivity index (χ2n) is 4.68. The van der Waals surface area contributed by atoms with Crippen molar-refractivity contribution in [3.05, 3.63) is 12.0 Å². The number of hydrogen-bond donors (Lipinski definition) is 1. The zero-order valence-corrected chi connectivity index (χ0v) is 11.2. The highest BCUT2D eigenvalue weighted by molar-refractivity contribution is 5.91. The molecule has 0 aromatic rings. The van der Waals surface area contributed by atoms with Crippen molar-refractivity contribution >= 4 is 11.7 Å². The van der Waals surface area contributed by atoms with Gasteiger partial charge in [0, 0.05) is 12.5 Å². The number of rotatable bonds is 9. The molecular weight excluding hydrogens is 230 g/mol. The average Bonchev–Trinajstić information content (AvgIpc) is 2.73. The van der Waals surface area contributed by atoms with Crippen molar-refractivity contribution in [2.24, 2.45) is 0 Å². The van der Waals surface area contributed by atoms with Crippen LogP contribution in [0.2, 0.25) is 0 Å². The predicted molar refractivity (Wildman–Crippen MR) is 69.8 cm³/mol. The van der Waals surface area contributed by atoms with Crippen LogP contribution in [-0.2, 0) is 14.3 Å². The highest BCUT2D eigenvalue weighted by Crippen LogP contribution is 2.09. The van der Waals surface area contributed by atoms with Gasteiger partial charge in [0.15, 0.2) is 18.3 Å². The van der Waals surface area contributed by atoms with Crippen molar-refractivity contribution in [2.75, 3.05) is 6.61 Å². The first kappa shape index (κ1) is 14.7. The third kappa shape index (κ3) is 6.42. The Morgan fingerprint density at radius 1 is 1.22 bits per heavy atom. The molecule has 1 amide bonds. The van der Waals surface area contributed by atoms with Gasteiger partial charge >= 0.3 is 0 Å². The number of amides is 1. The second kappa shape index (κ2) is 8.72. The molecule has 4 nitrogen and oxygen atoms in total. The SMILES string of the molecule is CCCCCCCCCC(=O)/C=C1\NC(=O)CO1. The maximum atomic E-state index is 11.5. The summed E-state index contributed by atoms with van der Waals surface area (Å²) in [7, 11) is 0. The van der Waals surface area contributed by atoms with Gasteiger partial charge in [0.1, 0.15) is 0 Å². The maximum absolute atomic E-state index is 11.5. The number of nitrogens with one attached hydrogen (secondary N) is 1. The minimum Gasteiger partial charge on any atom is -0.469 e. The molecule has 0 bridgehead atoms. The Kier molecular flexibility index (Phi) is 7.14. The molecule has 4 heteroatoms. The predicted octanol–water partition coefficient (Wildman–Crippen LogP) is 2.68. The summed E-state index contributed by atoms with van der Waals surface area (Å²) in [4.78, 5) is 22.4. The van der Waals surface area contributed by atoms with Crippen LogP contribution in [0.25, 0.3) is 0 Å². The standard InChI is InChI=1S/C14H23NO3/c1-2-3-4-5-6-7-8-9-12(16)10-14-15-13(17)11-18-14/h10H,2-9,11H2,1H3,(H,15,17)/b14-10+. The molecule has 1 saturated heterocycles.